The average Bonchev–Trinajstić information content (AvgIpc) is 2.96. The van der Waals surface area contributed by atoms with E-state index in [9.17, 15) is 4.79 Å². The summed E-state index contributed by atoms with van der Waals surface area (Å²) in [7, 11) is 0. The molecule has 1 amide bonds. The fourth-order valence-corrected chi connectivity index (χ4v) is 2.81. The lowest BCUT2D eigenvalue weighted by Gasteiger charge is -2.18. The van der Waals surface area contributed by atoms with Gasteiger partial charge in [-0.3, -0.25) is 4.79 Å². The molecule has 0 saturated carbocycles. The van der Waals surface area contributed by atoms with Crippen molar-refractivity contribution in [3.05, 3.63) is 21.7 Å². The molecule has 3 heterocycles. The quantitative estimate of drug-likeness (QED) is 0.582. The van der Waals surface area contributed by atoms with Crippen LogP contribution in [0.3, 0.4) is 0 Å². The van der Waals surface area contributed by atoms with Crippen LogP contribution in [0.15, 0.2) is 0 Å². The van der Waals surface area contributed by atoms with Crippen LogP contribution in [0, 0.1) is 5.92 Å². The van der Waals surface area contributed by atoms with Crippen LogP contribution in [0.5, 0.6) is 0 Å². The topological polar surface area (TPSA) is 55.3 Å². The minimum Gasteiger partial charge on any atom is -0.381 e. The second-order valence-corrected chi connectivity index (χ2v) is 5.16. The van der Waals surface area contributed by atoms with Crippen molar-refractivity contribution in [2.75, 3.05) is 13.2 Å². The first kappa shape index (κ1) is 12.1. The molecule has 3 rings (SSSR count). The lowest BCUT2D eigenvalue weighted by molar-refractivity contribution is -0.136. The molecule has 18 heavy (non-hydrogen) atoms. The SMILES string of the molecule is O=C(C1CCOC1)N1Cc2nc(Cl)nc(Cl)c2C1. The second-order valence-electron chi connectivity index (χ2n) is 4.46. The maximum Gasteiger partial charge on any atom is 0.228 e. The Bertz CT molecular complexity index is 503. The Morgan fingerprint density at radius 1 is 1.33 bits per heavy atom. The van der Waals surface area contributed by atoms with Crippen molar-refractivity contribution in [3.8, 4) is 0 Å². The molecular weight excluding hydrogens is 277 g/mol. The molecule has 7 heteroatoms. The molecule has 0 N–H and O–H groups in total. The maximum absolute atomic E-state index is 12.2. The van der Waals surface area contributed by atoms with Crippen LogP contribution in [-0.2, 0) is 22.6 Å². The van der Waals surface area contributed by atoms with Crippen LogP contribution >= 0.6 is 23.2 Å². The Labute approximate surface area is 114 Å². The number of rotatable bonds is 1. The number of ether oxygens (including phenoxy) is 1. The predicted octanol–water partition coefficient (Wildman–Crippen LogP) is 1.66. The zero-order valence-corrected chi connectivity index (χ0v) is 11.0. The summed E-state index contributed by atoms with van der Waals surface area (Å²) >= 11 is 11.8. The largest absolute Gasteiger partial charge is 0.381 e. The van der Waals surface area contributed by atoms with Gasteiger partial charge in [-0.15, -0.1) is 0 Å². The van der Waals surface area contributed by atoms with Gasteiger partial charge in [0.15, 0.2) is 0 Å². The number of carbonyl (C=O) groups is 1. The van der Waals surface area contributed by atoms with Crippen molar-refractivity contribution in [2.24, 2.45) is 5.92 Å². The summed E-state index contributed by atoms with van der Waals surface area (Å²) in [5, 5.41) is 0.459. The van der Waals surface area contributed by atoms with Crippen LogP contribution < -0.4 is 0 Å². The molecule has 0 aromatic carbocycles. The minimum absolute atomic E-state index is 0.0403. The van der Waals surface area contributed by atoms with E-state index >= 15 is 0 Å². The van der Waals surface area contributed by atoms with E-state index in [1.165, 1.54) is 0 Å². The van der Waals surface area contributed by atoms with Gasteiger partial charge in [0.2, 0.25) is 11.2 Å². The van der Waals surface area contributed by atoms with Crippen LogP contribution in [-0.4, -0.2) is 34.0 Å². The van der Waals surface area contributed by atoms with Crippen molar-refractivity contribution in [1.29, 1.82) is 0 Å². The molecule has 0 bridgehead atoms. The van der Waals surface area contributed by atoms with E-state index in [0.29, 0.717) is 31.5 Å². The van der Waals surface area contributed by atoms with Gasteiger partial charge in [-0.05, 0) is 18.0 Å². The van der Waals surface area contributed by atoms with Gasteiger partial charge in [-0.2, -0.15) is 0 Å². The van der Waals surface area contributed by atoms with Crippen LogP contribution in [0.4, 0.5) is 0 Å². The molecule has 2 aliphatic rings. The molecule has 2 aliphatic heterocycles. The summed E-state index contributed by atoms with van der Waals surface area (Å²) < 4.78 is 5.24. The van der Waals surface area contributed by atoms with Crippen molar-refractivity contribution in [3.63, 3.8) is 0 Å². The van der Waals surface area contributed by atoms with Crippen molar-refractivity contribution < 1.29 is 9.53 Å². The molecule has 5 nitrogen and oxygen atoms in total. The summed E-state index contributed by atoms with van der Waals surface area (Å²) in [5.74, 6) is 0.0548. The zero-order chi connectivity index (χ0) is 12.7. The first-order valence-corrected chi connectivity index (χ1v) is 6.48. The number of amides is 1. The number of fused-ring (bicyclic) bond motifs is 1. The summed E-state index contributed by atoms with van der Waals surface area (Å²) in [6.07, 6.45) is 0.784. The Kier molecular flexibility index (Phi) is 3.13. The molecule has 0 spiro atoms. The van der Waals surface area contributed by atoms with Crippen molar-refractivity contribution >= 4 is 29.1 Å². The smallest absolute Gasteiger partial charge is 0.228 e. The van der Waals surface area contributed by atoms with E-state index in [2.05, 4.69) is 9.97 Å². The summed E-state index contributed by atoms with van der Waals surface area (Å²) in [6, 6.07) is 0. The molecule has 0 radical (unpaired) electrons. The Morgan fingerprint density at radius 2 is 2.17 bits per heavy atom. The summed E-state index contributed by atoms with van der Waals surface area (Å²) in [6.45, 7) is 2.07. The number of halogens is 2. The monoisotopic (exact) mass is 287 g/mol. The zero-order valence-electron chi connectivity index (χ0n) is 9.53. The fourth-order valence-electron chi connectivity index (χ4n) is 2.33. The summed E-state index contributed by atoms with van der Waals surface area (Å²) in [5.41, 5.74) is 1.54. The fraction of sp³-hybridized carbons (Fsp3) is 0.545. The molecule has 1 fully saturated rings. The van der Waals surface area contributed by atoms with E-state index in [-0.39, 0.29) is 17.1 Å². The number of hydrogen-bond donors (Lipinski definition) is 0. The number of aromatic nitrogens is 2. The van der Waals surface area contributed by atoms with Gasteiger partial charge in [-0.1, -0.05) is 11.6 Å². The van der Waals surface area contributed by atoms with Crippen LogP contribution in [0.25, 0.3) is 0 Å². The molecule has 96 valence electrons. The molecule has 1 aromatic heterocycles. The van der Waals surface area contributed by atoms with Crippen LogP contribution in [0.1, 0.15) is 17.7 Å². The van der Waals surface area contributed by atoms with Gasteiger partial charge < -0.3 is 9.64 Å². The van der Waals surface area contributed by atoms with Gasteiger partial charge >= 0.3 is 0 Å². The normalized spacial score (nSPS) is 22.3. The van der Waals surface area contributed by atoms with Gasteiger partial charge in [0.25, 0.3) is 0 Å². The third-order valence-corrected chi connectivity index (χ3v) is 3.78. The highest BCUT2D eigenvalue weighted by Gasteiger charge is 2.33. The molecular formula is C11H11Cl2N3O2. The predicted molar refractivity (Wildman–Crippen MR) is 65.2 cm³/mol. The lowest BCUT2D eigenvalue weighted by Crippen LogP contribution is -2.32. The maximum atomic E-state index is 12.2. The molecule has 0 aliphatic carbocycles. The van der Waals surface area contributed by atoms with E-state index in [1.54, 1.807) is 4.90 Å². The van der Waals surface area contributed by atoms with E-state index in [0.717, 1.165) is 17.7 Å². The van der Waals surface area contributed by atoms with Crippen LogP contribution in [0.2, 0.25) is 10.4 Å². The highest BCUT2D eigenvalue weighted by Crippen LogP contribution is 2.29. The highest BCUT2D eigenvalue weighted by molar-refractivity contribution is 6.32. The van der Waals surface area contributed by atoms with Gasteiger partial charge in [-0.25, -0.2) is 9.97 Å². The Hall–Kier alpha value is -0.910. The molecule has 1 saturated heterocycles. The lowest BCUT2D eigenvalue weighted by atomic mass is 10.1. The van der Waals surface area contributed by atoms with Gasteiger partial charge in [0.05, 0.1) is 31.3 Å². The number of hydrogen-bond acceptors (Lipinski definition) is 4. The molecule has 1 atom stereocenters. The standard InChI is InChI=1S/C11H11Cl2N3O2/c12-9-7-3-16(4-8(7)14-11(13)15-9)10(17)6-1-2-18-5-6/h6H,1-5H2. The minimum atomic E-state index is -0.0403. The van der Waals surface area contributed by atoms with Crippen molar-refractivity contribution in [2.45, 2.75) is 19.5 Å². The average molecular weight is 288 g/mol. The Balaban J connectivity index is 1.80. The first-order valence-electron chi connectivity index (χ1n) is 5.72. The summed E-state index contributed by atoms with van der Waals surface area (Å²) in [4.78, 5) is 22.0. The first-order chi connectivity index (χ1) is 8.65. The van der Waals surface area contributed by atoms with Gasteiger partial charge in [0, 0.05) is 12.2 Å². The van der Waals surface area contributed by atoms with E-state index < -0.39 is 0 Å². The third kappa shape index (κ3) is 2.06. The van der Waals surface area contributed by atoms with Gasteiger partial charge in [0.1, 0.15) is 5.15 Å². The highest BCUT2D eigenvalue weighted by atomic mass is 35.5. The van der Waals surface area contributed by atoms with E-state index in [4.69, 9.17) is 27.9 Å². The van der Waals surface area contributed by atoms with Crippen molar-refractivity contribution in [1.82, 2.24) is 14.9 Å². The number of carbonyl (C=O) groups excluding carboxylic acids is 1. The molecule has 1 unspecified atom stereocenters. The number of nitrogens with zero attached hydrogens (tertiary/aromatic N) is 3. The Morgan fingerprint density at radius 3 is 2.89 bits per heavy atom. The molecule has 1 aromatic rings. The van der Waals surface area contributed by atoms with E-state index in [1.807, 2.05) is 0 Å². The second kappa shape index (κ2) is 4.64. The third-order valence-electron chi connectivity index (χ3n) is 3.30.